The number of nitrogens with one attached hydrogen (secondary N) is 1. The number of hydrogen-bond acceptors (Lipinski definition) is 5. The predicted molar refractivity (Wildman–Crippen MR) is 81.7 cm³/mol. The minimum atomic E-state index is -0.616. The van der Waals surface area contributed by atoms with Crippen molar-refractivity contribution in [3.05, 3.63) is 47.1 Å². The minimum Gasteiger partial charge on any atom is -0.421 e. The summed E-state index contributed by atoms with van der Waals surface area (Å²) < 4.78 is 10.1. The van der Waals surface area contributed by atoms with Gasteiger partial charge in [-0.1, -0.05) is 0 Å². The van der Waals surface area contributed by atoms with E-state index in [9.17, 15) is 9.59 Å². The third kappa shape index (κ3) is 3.92. The number of carbonyl (C=O) groups excluding carboxylic acids is 1. The lowest BCUT2D eigenvalue weighted by molar-refractivity contribution is 0.165. The average molecular weight is 303 g/mol. The average Bonchev–Trinajstić information content (AvgIpc) is 2.55. The van der Waals surface area contributed by atoms with Gasteiger partial charge in [0.25, 0.3) is 0 Å². The molecule has 0 atom stereocenters. The highest BCUT2D eigenvalue weighted by molar-refractivity contribution is 5.88. The molecule has 0 fully saturated rings. The van der Waals surface area contributed by atoms with Crippen LogP contribution in [0.4, 0.5) is 10.5 Å². The van der Waals surface area contributed by atoms with Gasteiger partial charge in [-0.25, -0.2) is 9.59 Å². The highest BCUT2D eigenvalue weighted by Crippen LogP contribution is 2.17. The number of methoxy groups -OCH3 is 1. The zero-order valence-corrected chi connectivity index (χ0v) is 12.4. The van der Waals surface area contributed by atoms with Crippen LogP contribution in [-0.4, -0.2) is 43.2 Å². The van der Waals surface area contributed by atoms with Crippen LogP contribution in [0.3, 0.4) is 0 Å². The molecule has 2 amide bonds. The van der Waals surface area contributed by atoms with Gasteiger partial charge in [-0.05, 0) is 24.3 Å². The Kier molecular flexibility index (Phi) is 5.26. The fourth-order valence-corrected chi connectivity index (χ4v) is 1.71. The summed E-state index contributed by atoms with van der Waals surface area (Å²) >= 11 is 0. The van der Waals surface area contributed by atoms with Gasteiger partial charge < -0.3 is 19.4 Å². The molecule has 0 radical (unpaired) electrons. The summed E-state index contributed by atoms with van der Waals surface area (Å²) in [6.07, 6.45) is 3.22. The lowest BCUT2D eigenvalue weighted by Crippen LogP contribution is -2.35. The first-order valence-electron chi connectivity index (χ1n) is 6.67. The van der Waals surface area contributed by atoms with Crippen LogP contribution in [0.2, 0.25) is 0 Å². The van der Waals surface area contributed by atoms with Gasteiger partial charge in [0.15, 0.2) is 0 Å². The van der Waals surface area contributed by atoms with Gasteiger partial charge >= 0.3 is 11.7 Å². The van der Waals surface area contributed by atoms with Crippen LogP contribution in [0.1, 0.15) is 0 Å². The summed E-state index contributed by atoms with van der Waals surface area (Å²) in [5, 5.41) is 2.51. The molecule has 2 heterocycles. The summed E-state index contributed by atoms with van der Waals surface area (Å²) in [5.41, 5.74) is 0.159. The molecule has 0 bridgehead atoms. The Labute approximate surface area is 127 Å². The van der Waals surface area contributed by atoms with E-state index in [0.717, 1.165) is 0 Å². The van der Waals surface area contributed by atoms with E-state index in [1.165, 1.54) is 11.0 Å². The first kappa shape index (κ1) is 15.7. The van der Waals surface area contributed by atoms with Crippen molar-refractivity contribution < 1.29 is 13.9 Å². The zero-order chi connectivity index (χ0) is 15.9. The highest BCUT2D eigenvalue weighted by atomic mass is 16.5. The van der Waals surface area contributed by atoms with Crippen LogP contribution in [0.15, 0.2) is 45.9 Å². The number of anilines is 1. The van der Waals surface area contributed by atoms with Crippen molar-refractivity contribution in [3.63, 3.8) is 0 Å². The Morgan fingerprint density at radius 1 is 1.41 bits per heavy atom. The van der Waals surface area contributed by atoms with Crippen LogP contribution in [0, 0.1) is 0 Å². The number of pyridine rings is 1. The van der Waals surface area contributed by atoms with Gasteiger partial charge in [-0.15, -0.1) is 0 Å². The standard InChI is InChI=1S/C15H17N3O4/c1-18(8-9-21-2)15(20)17-12-5-6-13(22-14(12)19)11-4-3-7-16-10-11/h3-7,10H,8-9H2,1-2H3,(H,17,20). The number of likely N-dealkylation sites (N-methyl/N-ethyl adjacent to an activating group) is 1. The summed E-state index contributed by atoms with van der Waals surface area (Å²) in [7, 11) is 3.16. The van der Waals surface area contributed by atoms with Crippen molar-refractivity contribution >= 4 is 11.7 Å². The number of aromatic nitrogens is 1. The zero-order valence-electron chi connectivity index (χ0n) is 12.4. The number of carbonyl (C=O) groups is 1. The Hall–Kier alpha value is -2.67. The van der Waals surface area contributed by atoms with Crippen LogP contribution in [-0.2, 0) is 4.74 Å². The Bertz CT molecular complexity index is 685. The van der Waals surface area contributed by atoms with Crippen LogP contribution >= 0.6 is 0 Å². The molecular weight excluding hydrogens is 286 g/mol. The Morgan fingerprint density at radius 3 is 2.86 bits per heavy atom. The van der Waals surface area contributed by atoms with E-state index in [0.29, 0.717) is 24.5 Å². The second-order valence-corrected chi connectivity index (χ2v) is 4.59. The molecule has 116 valence electrons. The van der Waals surface area contributed by atoms with Gasteiger partial charge in [0.05, 0.1) is 6.61 Å². The fourth-order valence-electron chi connectivity index (χ4n) is 1.71. The van der Waals surface area contributed by atoms with Crippen LogP contribution in [0.25, 0.3) is 11.3 Å². The molecule has 0 spiro atoms. The van der Waals surface area contributed by atoms with Gasteiger partial charge in [0.1, 0.15) is 11.4 Å². The topological polar surface area (TPSA) is 84.7 Å². The normalized spacial score (nSPS) is 10.3. The van der Waals surface area contributed by atoms with Gasteiger partial charge in [-0.2, -0.15) is 0 Å². The number of hydrogen-bond donors (Lipinski definition) is 1. The maximum Gasteiger partial charge on any atom is 0.360 e. The lowest BCUT2D eigenvalue weighted by atomic mass is 10.2. The molecule has 0 aromatic carbocycles. The lowest BCUT2D eigenvalue weighted by Gasteiger charge is -2.16. The quantitative estimate of drug-likeness (QED) is 0.910. The van der Waals surface area contributed by atoms with E-state index in [1.54, 1.807) is 44.8 Å². The molecule has 2 aromatic heterocycles. The van der Waals surface area contributed by atoms with Crippen molar-refractivity contribution in [2.75, 3.05) is 32.6 Å². The smallest absolute Gasteiger partial charge is 0.360 e. The van der Waals surface area contributed by atoms with Crippen molar-refractivity contribution in [2.45, 2.75) is 0 Å². The summed E-state index contributed by atoms with van der Waals surface area (Å²) in [6.45, 7) is 0.833. The molecule has 2 aromatic rings. The molecule has 0 unspecified atom stereocenters. The van der Waals surface area contributed by atoms with E-state index < -0.39 is 11.7 Å². The molecule has 0 aliphatic carbocycles. The molecule has 22 heavy (non-hydrogen) atoms. The maximum absolute atomic E-state index is 11.9. The van der Waals surface area contributed by atoms with Crippen molar-refractivity contribution in [2.24, 2.45) is 0 Å². The third-order valence-corrected chi connectivity index (χ3v) is 2.99. The number of urea groups is 1. The predicted octanol–water partition coefficient (Wildman–Crippen LogP) is 1.81. The minimum absolute atomic E-state index is 0.0851. The van der Waals surface area contributed by atoms with Crippen molar-refractivity contribution in [3.8, 4) is 11.3 Å². The molecule has 0 saturated carbocycles. The molecule has 7 nitrogen and oxygen atoms in total. The van der Waals surface area contributed by atoms with E-state index in [4.69, 9.17) is 9.15 Å². The molecule has 0 aliphatic rings. The van der Waals surface area contributed by atoms with E-state index >= 15 is 0 Å². The molecular formula is C15H17N3O4. The number of rotatable bonds is 5. The summed E-state index contributed by atoms with van der Waals surface area (Å²) in [6, 6.07) is 6.25. The SMILES string of the molecule is COCCN(C)C(=O)Nc1ccc(-c2cccnc2)oc1=O. The molecule has 2 rings (SSSR count). The summed E-state index contributed by atoms with van der Waals surface area (Å²) in [5.74, 6) is 0.392. The second kappa shape index (κ2) is 7.37. The van der Waals surface area contributed by atoms with Crippen molar-refractivity contribution in [1.29, 1.82) is 0 Å². The summed E-state index contributed by atoms with van der Waals surface area (Å²) in [4.78, 5) is 29.2. The molecule has 7 heteroatoms. The number of nitrogens with zero attached hydrogens (tertiary/aromatic N) is 2. The second-order valence-electron chi connectivity index (χ2n) is 4.59. The van der Waals surface area contributed by atoms with Crippen LogP contribution < -0.4 is 10.9 Å². The monoisotopic (exact) mass is 303 g/mol. The Balaban J connectivity index is 2.11. The van der Waals surface area contributed by atoms with E-state index in [-0.39, 0.29) is 5.69 Å². The van der Waals surface area contributed by atoms with E-state index in [2.05, 4.69) is 10.3 Å². The maximum atomic E-state index is 11.9. The molecule has 0 saturated heterocycles. The Morgan fingerprint density at radius 2 is 2.23 bits per heavy atom. The number of ether oxygens (including phenoxy) is 1. The van der Waals surface area contributed by atoms with Crippen molar-refractivity contribution in [1.82, 2.24) is 9.88 Å². The van der Waals surface area contributed by atoms with E-state index in [1.807, 2.05) is 0 Å². The third-order valence-electron chi connectivity index (χ3n) is 2.99. The highest BCUT2D eigenvalue weighted by Gasteiger charge is 2.12. The molecule has 0 aliphatic heterocycles. The molecule has 1 N–H and O–H groups in total. The fraction of sp³-hybridized carbons (Fsp3) is 0.267. The largest absolute Gasteiger partial charge is 0.421 e. The first-order chi connectivity index (χ1) is 10.6. The van der Waals surface area contributed by atoms with Gasteiger partial charge in [0.2, 0.25) is 0 Å². The van der Waals surface area contributed by atoms with Crippen LogP contribution in [0.5, 0.6) is 0 Å². The first-order valence-corrected chi connectivity index (χ1v) is 6.67. The number of amides is 2. The van der Waals surface area contributed by atoms with Gasteiger partial charge in [0, 0.05) is 38.7 Å². The van der Waals surface area contributed by atoms with Gasteiger partial charge in [-0.3, -0.25) is 4.98 Å².